The Labute approximate surface area is 236 Å². The number of aromatic amines is 1. The molecule has 0 atom stereocenters. The highest BCUT2D eigenvalue weighted by atomic mass is 35.5. The van der Waals surface area contributed by atoms with E-state index in [0.29, 0.717) is 52.0 Å². The third-order valence-corrected chi connectivity index (χ3v) is 5.61. The van der Waals surface area contributed by atoms with E-state index in [9.17, 15) is 27.2 Å². The zero-order chi connectivity index (χ0) is 28.3. The third-order valence-electron chi connectivity index (χ3n) is 5.61. The molecule has 0 fully saturated rings. The summed E-state index contributed by atoms with van der Waals surface area (Å²) < 4.78 is 58.4. The van der Waals surface area contributed by atoms with Gasteiger partial charge in [-0.25, -0.2) is 14.2 Å². The monoisotopic (exact) mass is 585 g/mol. The zero-order valence-corrected chi connectivity index (χ0v) is 21.6. The standard InChI is InChI=1S/C28H19F4N5O3.ClH/c29-21-12-6-17(28(30,31)32)14-23(21)36-27(39)33-18-7-9-19(10-8-18)40-20-11-13-22-24(15-20)35-26(34-22)37-25(38)16-4-2-1-3-5-16;/h1-15H,(H2,33,36,39)(H2,34,35,37,38);1H. The molecule has 41 heavy (non-hydrogen) atoms. The number of ether oxygens (including phenoxy) is 1. The molecule has 210 valence electrons. The molecule has 0 unspecified atom stereocenters. The number of rotatable bonds is 6. The molecule has 0 saturated carbocycles. The number of hydrogen-bond donors (Lipinski definition) is 4. The lowest BCUT2D eigenvalue weighted by Gasteiger charge is -2.12. The summed E-state index contributed by atoms with van der Waals surface area (Å²) in [6, 6.07) is 20.7. The number of nitrogens with one attached hydrogen (secondary N) is 4. The van der Waals surface area contributed by atoms with Crippen LogP contribution >= 0.6 is 12.4 Å². The van der Waals surface area contributed by atoms with Gasteiger partial charge in [-0.3, -0.25) is 10.1 Å². The summed E-state index contributed by atoms with van der Waals surface area (Å²) in [5, 5.41) is 7.20. The first-order valence-corrected chi connectivity index (χ1v) is 11.7. The number of alkyl halides is 3. The van der Waals surface area contributed by atoms with E-state index < -0.39 is 29.3 Å². The molecule has 0 radical (unpaired) electrons. The smallest absolute Gasteiger partial charge is 0.416 e. The van der Waals surface area contributed by atoms with Crippen molar-refractivity contribution in [3.8, 4) is 11.5 Å². The maximum absolute atomic E-state index is 13.9. The van der Waals surface area contributed by atoms with Gasteiger partial charge >= 0.3 is 12.2 Å². The molecule has 1 aromatic heterocycles. The number of urea groups is 1. The number of imidazole rings is 1. The molecule has 5 aromatic rings. The van der Waals surface area contributed by atoms with Gasteiger partial charge in [0.1, 0.15) is 17.3 Å². The summed E-state index contributed by atoms with van der Waals surface area (Å²) in [5.74, 6) is -0.146. The number of anilines is 3. The molecule has 8 nitrogen and oxygen atoms in total. The number of amides is 3. The molecule has 13 heteroatoms. The van der Waals surface area contributed by atoms with E-state index >= 15 is 0 Å². The van der Waals surface area contributed by atoms with Gasteiger partial charge in [0.05, 0.1) is 22.3 Å². The van der Waals surface area contributed by atoms with Gasteiger partial charge in [0.15, 0.2) is 0 Å². The summed E-state index contributed by atoms with van der Waals surface area (Å²) in [6.45, 7) is 0. The van der Waals surface area contributed by atoms with Gasteiger partial charge in [-0.1, -0.05) is 18.2 Å². The van der Waals surface area contributed by atoms with Crippen molar-refractivity contribution in [3.05, 3.63) is 108 Å². The van der Waals surface area contributed by atoms with Crippen LogP contribution in [0.4, 0.5) is 39.7 Å². The highest BCUT2D eigenvalue weighted by Crippen LogP contribution is 2.32. The molecule has 0 aliphatic rings. The number of benzene rings is 4. The normalized spacial score (nSPS) is 10.9. The predicted octanol–water partition coefficient (Wildman–Crippen LogP) is 7.83. The van der Waals surface area contributed by atoms with E-state index in [1.807, 2.05) is 6.07 Å². The average Bonchev–Trinajstić information content (AvgIpc) is 3.32. The SMILES string of the molecule is Cl.O=C(Nc1ccc(Oc2ccc3nc(NC(=O)c4ccccc4)[nH]c3c2)cc1)Nc1cc(C(F)(F)F)ccc1F. The number of H-pyrrole nitrogens is 1. The van der Waals surface area contributed by atoms with Crippen molar-refractivity contribution in [2.24, 2.45) is 0 Å². The third kappa shape index (κ3) is 7.11. The Morgan fingerprint density at radius 1 is 0.805 bits per heavy atom. The fraction of sp³-hybridized carbons (Fsp3) is 0.0357. The minimum Gasteiger partial charge on any atom is -0.457 e. The van der Waals surface area contributed by atoms with Crippen LogP contribution in [-0.2, 0) is 6.18 Å². The van der Waals surface area contributed by atoms with Crippen molar-refractivity contribution < 1.29 is 31.9 Å². The van der Waals surface area contributed by atoms with Gasteiger partial charge in [0, 0.05) is 17.3 Å². The molecule has 0 aliphatic heterocycles. The number of fused-ring (bicyclic) bond motifs is 1. The predicted molar refractivity (Wildman–Crippen MR) is 148 cm³/mol. The zero-order valence-electron chi connectivity index (χ0n) is 20.8. The van der Waals surface area contributed by atoms with E-state index in [1.165, 1.54) is 12.1 Å². The first-order chi connectivity index (χ1) is 19.1. The summed E-state index contributed by atoms with van der Waals surface area (Å²) in [7, 11) is 0. The number of nitrogens with zero attached hydrogens (tertiary/aromatic N) is 1. The summed E-state index contributed by atoms with van der Waals surface area (Å²) in [6.07, 6.45) is -4.68. The van der Waals surface area contributed by atoms with Crippen LogP contribution < -0.4 is 20.7 Å². The summed E-state index contributed by atoms with van der Waals surface area (Å²) >= 11 is 0. The Hall–Kier alpha value is -5.10. The molecule has 0 bridgehead atoms. The van der Waals surface area contributed by atoms with Crippen molar-refractivity contribution in [2.75, 3.05) is 16.0 Å². The van der Waals surface area contributed by atoms with E-state index in [-0.39, 0.29) is 24.3 Å². The van der Waals surface area contributed by atoms with Gasteiger partial charge in [0.25, 0.3) is 5.91 Å². The van der Waals surface area contributed by atoms with Crippen molar-refractivity contribution in [1.82, 2.24) is 9.97 Å². The van der Waals surface area contributed by atoms with Crippen molar-refractivity contribution in [3.63, 3.8) is 0 Å². The fourth-order valence-corrected chi connectivity index (χ4v) is 3.71. The van der Waals surface area contributed by atoms with E-state index in [1.54, 1.807) is 54.6 Å². The average molecular weight is 586 g/mol. The number of carbonyl (C=O) groups excluding carboxylic acids is 2. The van der Waals surface area contributed by atoms with Crippen LogP contribution in [0.2, 0.25) is 0 Å². The maximum Gasteiger partial charge on any atom is 0.416 e. The van der Waals surface area contributed by atoms with Crippen LogP contribution in [0.5, 0.6) is 11.5 Å². The van der Waals surface area contributed by atoms with Gasteiger partial charge in [0.2, 0.25) is 5.95 Å². The second kappa shape index (κ2) is 12.0. The molecule has 3 amide bonds. The lowest BCUT2D eigenvalue weighted by molar-refractivity contribution is -0.137. The van der Waals surface area contributed by atoms with E-state index in [2.05, 4.69) is 25.9 Å². The molecule has 5 rings (SSSR count). The Bertz CT molecular complexity index is 1690. The topological polar surface area (TPSA) is 108 Å². The number of halogens is 5. The molecule has 0 spiro atoms. The Morgan fingerprint density at radius 2 is 1.51 bits per heavy atom. The molecule has 4 aromatic carbocycles. The highest BCUT2D eigenvalue weighted by Gasteiger charge is 2.31. The highest BCUT2D eigenvalue weighted by molar-refractivity contribution is 6.04. The van der Waals surface area contributed by atoms with Crippen LogP contribution in [0, 0.1) is 5.82 Å². The molecule has 4 N–H and O–H groups in total. The van der Waals surface area contributed by atoms with Crippen LogP contribution in [0.25, 0.3) is 11.0 Å². The van der Waals surface area contributed by atoms with Crippen molar-refractivity contribution >= 4 is 52.7 Å². The molecular formula is C28H20ClF4N5O3. The van der Waals surface area contributed by atoms with Crippen LogP contribution in [0.1, 0.15) is 15.9 Å². The fourth-order valence-electron chi connectivity index (χ4n) is 3.71. The number of carbonyl (C=O) groups is 2. The molecule has 0 aliphatic carbocycles. The van der Waals surface area contributed by atoms with Gasteiger partial charge in [-0.2, -0.15) is 13.2 Å². The van der Waals surface area contributed by atoms with Gasteiger partial charge < -0.3 is 20.4 Å². The van der Waals surface area contributed by atoms with Gasteiger partial charge in [-0.15, -0.1) is 12.4 Å². The first kappa shape index (κ1) is 28.9. The van der Waals surface area contributed by atoms with E-state index in [4.69, 9.17) is 4.74 Å². The number of aromatic nitrogens is 2. The van der Waals surface area contributed by atoms with E-state index in [0.717, 1.165) is 0 Å². The largest absolute Gasteiger partial charge is 0.457 e. The van der Waals surface area contributed by atoms with Crippen molar-refractivity contribution in [1.29, 1.82) is 0 Å². The molecule has 0 saturated heterocycles. The Kier molecular flexibility index (Phi) is 8.43. The summed E-state index contributed by atoms with van der Waals surface area (Å²) in [4.78, 5) is 31.9. The van der Waals surface area contributed by atoms with Gasteiger partial charge in [-0.05, 0) is 66.7 Å². The molecular weight excluding hydrogens is 566 g/mol. The Morgan fingerprint density at radius 3 is 2.22 bits per heavy atom. The van der Waals surface area contributed by atoms with Crippen LogP contribution in [0.15, 0.2) is 91.0 Å². The van der Waals surface area contributed by atoms with Crippen molar-refractivity contribution in [2.45, 2.75) is 6.18 Å². The minimum absolute atomic E-state index is 0. The quantitative estimate of drug-likeness (QED) is 0.152. The lowest BCUT2D eigenvalue weighted by Crippen LogP contribution is -2.20. The van der Waals surface area contributed by atoms with Crippen LogP contribution in [0.3, 0.4) is 0 Å². The maximum atomic E-state index is 13.9. The minimum atomic E-state index is -4.68. The Balaban J connectivity index is 0.00000387. The summed E-state index contributed by atoms with van der Waals surface area (Å²) in [5.41, 5.74) is 0.317. The first-order valence-electron chi connectivity index (χ1n) is 11.7. The molecule has 1 heterocycles. The lowest BCUT2D eigenvalue weighted by atomic mass is 10.2. The number of hydrogen-bond acceptors (Lipinski definition) is 4. The second-order valence-corrected chi connectivity index (χ2v) is 8.48. The van der Waals surface area contributed by atoms with Crippen LogP contribution in [-0.4, -0.2) is 21.9 Å². The second-order valence-electron chi connectivity index (χ2n) is 8.48.